The Kier molecular flexibility index (Phi) is 13.0. The molecule has 6 rings (SSSR count). The van der Waals surface area contributed by atoms with Gasteiger partial charge in [-0.05, 0) is 97.7 Å². The fourth-order valence-corrected chi connectivity index (χ4v) is 7.87. The van der Waals surface area contributed by atoms with Crippen LogP contribution >= 0.6 is 23.2 Å². The molecule has 2 fully saturated rings. The molecule has 2 atom stereocenters. The molecule has 0 spiro atoms. The van der Waals surface area contributed by atoms with E-state index in [-0.39, 0.29) is 17.7 Å². The van der Waals surface area contributed by atoms with Gasteiger partial charge in [0, 0.05) is 45.7 Å². The lowest BCUT2D eigenvalue weighted by molar-refractivity contribution is -0.144. The largest absolute Gasteiger partial charge is 0.496 e. The molecule has 3 aromatic carbocycles. The number of methoxy groups -OCH3 is 1. The van der Waals surface area contributed by atoms with Crippen molar-refractivity contribution < 1.29 is 24.2 Å². The average molecular weight is 793 g/mol. The zero-order chi connectivity index (χ0) is 39.1. The molecule has 1 aromatic heterocycles. The highest BCUT2D eigenvalue weighted by Gasteiger charge is 2.44. The van der Waals surface area contributed by atoms with Gasteiger partial charge in [-0.1, -0.05) is 59.6 Å². The number of carbonyl (C=O) groups excluding carboxylic acids is 2. The minimum absolute atomic E-state index is 0.0357. The Morgan fingerprint density at radius 3 is 2.33 bits per heavy atom. The van der Waals surface area contributed by atoms with Crippen LogP contribution in [0.3, 0.4) is 0 Å². The van der Waals surface area contributed by atoms with E-state index in [0.717, 1.165) is 24.1 Å². The molecule has 4 aromatic rings. The smallest absolute Gasteiger partial charge is 0.320 e. The van der Waals surface area contributed by atoms with Crippen molar-refractivity contribution in [3.8, 4) is 11.4 Å². The number of carboxylic acids is 1. The van der Waals surface area contributed by atoms with E-state index < -0.39 is 17.4 Å². The van der Waals surface area contributed by atoms with Crippen molar-refractivity contribution in [1.82, 2.24) is 45.3 Å². The zero-order valence-electron chi connectivity index (χ0n) is 31.3. The third-order valence-corrected chi connectivity index (χ3v) is 11.8. The number of tetrazole rings is 1. The first-order chi connectivity index (χ1) is 26.5. The minimum atomic E-state index is -0.847. The van der Waals surface area contributed by atoms with Gasteiger partial charge in [0.05, 0.1) is 33.8 Å². The second-order valence-electron chi connectivity index (χ2n) is 14.3. The summed E-state index contributed by atoms with van der Waals surface area (Å²) in [7, 11) is 3.30. The summed E-state index contributed by atoms with van der Waals surface area (Å²) in [5.74, 6) is -0.739. The van der Waals surface area contributed by atoms with Gasteiger partial charge in [0.2, 0.25) is 5.91 Å². The lowest BCUT2D eigenvalue weighted by atomic mass is 9.72. The van der Waals surface area contributed by atoms with Crippen molar-refractivity contribution >= 4 is 41.0 Å². The molecule has 16 heteroatoms. The molecular formula is C39H47Cl2N9O5. The number of hydrogen-bond donors (Lipinski definition) is 2. The number of likely N-dealkylation sites (tertiary alicyclic amines) is 1. The molecule has 292 valence electrons. The molecule has 0 bridgehead atoms. The monoisotopic (exact) mass is 791 g/mol. The van der Waals surface area contributed by atoms with Gasteiger partial charge in [0.15, 0.2) is 0 Å². The number of rotatable bonds is 14. The first-order valence-electron chi connectivity index (χ1n) is 18.4. The van der Waals surface area contributed by atoms with Crippen LogP contribution in [0.2, 0.25) is 10.0 Å². The number of hydrazine groups is 1. The predicted molar refractivity (Wildman–Crippen MR) is 209 cm³/mol. The first kappa shape index (κ1) is 40.1. The highest BCUT2D eigenvalue weighted by Crippen LogP contribution is 2.37. The summed E-state index contributed by atoms with van der Waals surface area (Å²) in [6.07, 6.45) is 3.45. The van der Waals surface area contributed by atoms with Crippen LogP contribution in [0.25, 0.3) is 5.69 Å². The molecule has 0 aliphatic carbocycles. The molecule has 2 unspecified atom stereocenters. The van der Waals surface area contributed by atoms with E-state index in [0.29, 0.717) is 85.7 Å². The van der Waals surface area contributed by atoms with Crippen LogP contribution in [-0.2, 0) is 15.0 Å². The number of aliphatic carboxylic acids is 1. The summed E-state index contributed by atoms with van der Waals surface area (Å²) in [4.78, 5) is 45.7. The zero-order valence-corrected chi connectivity index (χ0v) is 32.8. The van der Waals surface area contributed by atoms with E-state index in [1.807, 2.05) is 52.4 Å². The van der Waals surface area contributed by atoms with Gasteiger partial charge in [-0.2, -0.15) is 0 Å². The highest BCUT2D eigenvalue weighted by atomic mass is 35.5. The Morgan fingerprint density at radius 2 is 1.69 bits per heavy atom. The van der Waals surface area contributed by atoms with Crippen molar-refractivity contribution in [2.24, 2.45) is 0 Å². The average Bonchev–Trinajstić information content (AvgIpc) is 3.76. The molecule has 2 aliphatic rings. The van der Waals surface area contributed by atoms with E-state index in [1.165, 1.54) is 18.1 Å². The number of carboxylic acid groups (broad SMARTS) is 1. The number of benzene rings is 3. The van der Waals surface area contributed by atoms with Crippen LogP contribution in [-0.4, -0.2) is 135 Å². The highest BCUT2D eigenvalue weighted by molar-refractivity contribution is 6.42. The quantitative estimate of drug-likeness (QED) is 0.188. The normalized spacial score (nSPS) is 17.6. The summed E-state index contributed by atoms with van der Waals surface area (Å²) in [5.41, 5.74) is 5.45. The van der Waals surface area contributed by atoms with Crippen molar-refractivity contribution in [2.75, 3.05) is 66.5 Å². The minimum Gasteiger partial charge on any atom is -0.496 e. The molecule has 0 radical (unpaired) electrons. The molecule has 3 heterocycles. The van der Waals surface area contributed by atoms with Crippen LogP contribution < -0.4 is 10.2 Å². The Labute approximate surface area is 330 Å². The molecule has 14 nitrogen and oxygen atoms in total. The van der Waals surface area contributed by atoms with Gasteiger partial charge in [0.1, 0.15) is 18.1 Å². The first-order valence-corrected chi connectivity index (χ1v) is 19.2. The van der Waals surface area contributed by atoms with Gasteiger partial charge in [0.25, 0.3) is 5.91 Å². The van der Waals surface area contributed by atoms with Gasteiger partial charge < -0.3 is 19.6 Å². The van der Waals surface area contributed by atoms with E-state index in [9.17, 15) is 19.5 Å². The second kappa shape index (κ2) is 17.9. The fraction of sp³-hybridized carbons (Fsp3) is 0.436. The van der Waals surface area contributed by atoms with Crippen LogP contribution in [0.4, 0.5) is 0 Å². The third-order valence-electron chi connectivity index (χ3n) is 11.0. The maximum absolute atomic E-state index is 14.2. The molecular weight excluding hydrogens is 745 g/mol. The Hall–Kier alpha value is -4.60. The number of aromatic nitrogens is 4. The van der Waals surface area contributed by atoms with Crippen molar-refractivity contribution in [3.05, 3.63) is 99.8 Å². The number of nitrogens with zero attached hydrogens (tertiary/aromatic N) is 8. The Bertz CT molecular complexity index is 1940. The summed E-state index contributed by atoms with van der Waals surface area (Å²) in [6, 6.07) is 20.2. The van der Waals surface area contributed by atoms with Crippen LogP contribution in [0, 0.1) is 0 Å². The van der Waals surface area contributed by atoms with E-state index >= 15 is 0 Å². The molecule has 0 saturated carbocycles. The van der Waals surface area contributed by atoms with Gasteiger partial charge >= 0.3 is 5.97 Å². The van der Waals surface area contributed by atoms with Gasteiger partial charge in [-0.25, -0.2) is 9.69 Å². The topological polar surface area (TPSA) is 149 Å². The van der Waals surface area contributed by atoms with Crippen LogP contribution in [0.15, 0.2) is 73.1 Å². The molecule has 55 heavy (non-hydrogen) atoms. The van der Waals surface area contributed by atoms with Crippen LogP contribution in [0.1, 0.15) is 53.6 Å². The number of halogens is 2. The van der Waals surface area contributed by atoms with E-state index in [2.05, 4.69) is 25.9 Å². The maximum Gasteiger partial charge on any atom is 0.320 e. The number of hydrogen-bond acceptors (Lipinski definition) is 10. The van der Waals surface area contributed by atoms with E-state index in [4.69, 9.17) is 27.9 Å². The second-order valence-corrected chi connectivity index (χ2v) is 15.1. The number of ether oxygens (including phenoxy) is 1. The number of nitrogens with one attached hydrogen (secondary N) is 1. The van der Waals surface area contributed by atoms with Crippen molar-refractivity contribution in [2.45, 2.75) is 43.6 Å². The fourth-order valence-electron chi connectivity index (χ4n) is 7.56. The number of likely N-dealkylation sites (N-methyl/N-ethyl adjacent to an activating group) is 1. The lowest BCUT2D eigenvalue weighted by Gasteiger charge is -2.43. The Balaban J connectivity index is 1.14. The van der Waals surface area contributed by atoms with Crippen LogP contribution in [0.5, 0.6) is 5.75 Å². The SMILES string of the molecule is COc1ccc(-n2cnnn2)cc1C(=O)N(C)CC(CCN1CCC(C(=O)NN2CCN(C(C)C(=O)O)CC2)(c2ccccc2)CC1)c1ccc(Cl)c(Cl)c1. The maximum atomic E-state index is 14.2. The molecule has 2 N–H and O–H groups in total. The number of piperidine rings is 1. The standard InChI is InChI=1S/C39H47Cl2N9O5/c1-27(37(52)53)48-19-21-49(22-20-48)43-38(54)39(30-7-5-4-6-8-30)14-17-47(18-15-39)16-13-29(28-9-11-33(40)34(41)23-28)25-46(2)36(51)32-24-31(10-12-35(32)55-3)50-26-42-44-45-50/h4-12,23-24,26-27,29H,13-22,25H2,1-3H3,(H,43,54)(H,52,53). The van der Waals surface area contributed by atoms with E-state index in [1.54, 1.807) is 43.1 Å². The number of carbonyl (C=O) groups is 3. The Morgan fingerprint density at radius 1 is 0.964 bits per heavy atom. The molecule has 2 amide bonds. The van der Waals surface area contributed by atoms with Gasteiger partial charge in [-0.3, -0.25) is 24.7 Å². The summed E-state index contributed by atoms with van der Waals surface area (Å²) < 4.78 is 7.04. The van der Waals surface area contributed by atoms with Crippen molar-refractivity contribution in [3.63, 3.8) is 0 Å². The third kappa shape index (κ3) is 9.27. The number of piperazine rings is 1. The predicted octanol–water partition coefficient (Wildman–Crippen LogP) is 4.38. The molecule has 2 aliphatic heterocycles. The summed E-state index contributed by atoms with van der Waals surface area (Å²) in [5, 5.41) is 23.6. The van der Waals surface area contributed by atoms with Crippen molar-refractivity contribution in [1.29, 1.82) is 0 Å². The summed E-state index contributed by atoms with van der Waals surface area (Å²) >= 11 is 12.8. The molecule has 2 saturated heterocycles. The summed E-state index contributed by atoms with van der Waals surface area (Å²) in [6.45, 7) is 6.45. The van der Waals surface area contributed by atoms with Gasteiger partial charge in [-0.15, -0.1) is 5.10 Å². The lowest BCUT2D eigenvalue weighted by Crippen LogP contribution is -2.60. The number of amides is 2.